The summed E-state index contributed by atoms with van der Waals surface area (Å²) in [6.07, 6.45) is 5.29. The van der Waals surface area contributed by atoms with E-state index in [2.05, 4.69) is 59.3 Å². The van der Waals surface area contributed by atoms with Gasteiger partial charge in [-0.25, -0.2) is 0 Å². The summed E-state index contributed by atoms with van der Waals surface area (Å²) in [5, 5.41) is 11.0. The molecule has 7 heteroatoms. The second-order valence-corrected chi connectivity index (χ2v) is 5.39. The lowest BCUT2D eigenvalue weighted by Crippen LogP contribution is -2.01. The van der Waals surface area contributed by atoms with Crippen LogP contribution >= 0.6 is 31.9 Å². The van der Waals surface area contributed by atoms with Gasteiger partial charge in [0.1, 0.15) is 0 Å². The number of aryl methyl sites for hydroxylation is 1. The van der Waals surface area contributed by atoms with Crippen molar-refractivity contribution in [3.05, 3.63) is 32.8 Å². The minimum Gasteiger partial charge on any atom is -0.408 e. The summed E-state index contributed by atoms with van der Waals surface area (Å²) < 4.78 is 7.30. The van der Waals surface area contributed by atoms with Gasteiger partial charge < -0.3 is 9.73 Å². The first-order valence-electron chi connectivity index (χ1n) is 5.54. The van der Waals surface area contributed by atoms with E-state index in [1.54, 1.807) is 12.4 Å². The molecule has 0 aromatic carbocycles. The molecular weight excluding hydrogens is 364 g/mol. The van der Waals surface area contributed by atoms with Crippen LogP contribution in [0, 0.1) is 0 Å². The highest BCUT2D eigenvalue weighted by Crippen LogP contribution is 2.24. The van der Waals surface area contributed by atoms with Crippen LogP contribution in [0.25, 0.3) is 0 Å². The van der Waals surface area contributed by atoms with E-state index in [0.717, 1.165) is 27.4 Å². The predicted octanol–water partition coefficient (Wildman–Crippen LogP) is 3.55. The molecule has 96 valence electrons. The van der Waals surface area contributed by atoms with Crippen molar-refractivity contribution in [2.75, 3.05) is 5.32 Å². The molecule has 18 heavy (non-hydrogen) atoms. The van der Waals surface area contributed by atoms with E-state index in [4.69, 9.17) is 4.42 Å². The van der Waals surface area contributed by atoms with Crippen LogP contribution in [0.15, 0.2) is 25.8 Å². The monoisotopic (exact) mass is 374 g/mol. The van der Waals surface area contributed by atoms with Gasteiger partial charge >= 0.3 is 6.01 Å². The molecule has 0 aliphatic carbocycles. The van der Waals surface area contributed by atoms with E-state index >= 15 is 0 Å². The highest BCUT2D eigenvalue weighted by atomic mass is 79.9. The fourth-order valence-corrected chi connectivity index (χ4v) is 2.62. The summed E-state index contributed by atoms with van der Waals surface area (Å²) in [6, 6.07) is 0.439. The zero-order valence-corrected chi connectivity index (χ0v) is 13.0. The summed E-state index contributed by atoms with van der Waals surface area (Å²) >= 11 is 6.90. The molecule has 0 amide bonds. The first-order chi connectivity index (χ1) is 8.70. The maximum atomic E-state index is 5.45. The van der Waals surface area contributed by atoms with Gasteiger partial charge in [0.05, 0.1) is 0 Å². The van der Waals surface area contributed by atoms with E-state index < -0.39 is 0 Å². The third-order valence-corrected chi connectivity index (χ3v) is 3.67. The number of nitrogens with zero attached hydrogens (tertiary/aromatic N) is 3. The minimum atomic E-state index is 0.439. The average Bonchev–Trinajstić information content (AvgIpc) is 2.77. The molecule has 0 radical (unpaired) electrons. The molecular formula is C11H12Br2N4O. The van der Waals surface area contributed by atoms with Crippen LogP contribution in [-0.4, -0.2) is 15.2 Å². The lowest BCUT2D eigenvalue weighted by Gasteiger charge is -2.06. The van der Waals surface area contributed by atoms with Crippen molar-refractivity contribution in [2.24, 2.45) is 0 Å². The fourth-order valence-electron chi connectivity index (χ4n) is 1.41. The average molecular weight is 376 g/mol. The number of aromatic nitrogens is 3. The van der Waals surface area contributed by atoms with Gasteiger partial charge in [-0.15, -0.1) is 5.10 Å². The number of pyridine rings is 1. The van der Waals surface area contributed by atoms with Crippen molar-refractivity contribution in [3.8, 4) is 0 Å². The Hall–Kier alpha value is -0.950. The smallest absolute Gasteiger partial charge is 0.315 e. The molecule has 0 saturated carbocycles. The summed E-state index contributed by atoms with van der Waals surface area (Å²) in [6.45, 7) is 2.65. The SMILES string of the molecule is CCCc1nnc(NCc2c(Br)cncc2Br)o1. The van der Waals surface area contributed by atoms with Gasteiger partial charge in [-0.1, -0.05) is 12.0 Å². The zero-order valence-electron chi connectivity index (χ0n) is 9.78. The van der Waals surface area contributed by atoms with Crippen molar-refractivity contribution in [2.45, 2.75) is 26.3 Å². The quantitative estimate of drug-likeness (QED) is 0.865. The van der Waals surface area contributed by atoms with E-state index in [1.807, 2.05) is 0 Å². The summed E-state index contributed by atoms with van der Waals surface area (Å²) in [5.41, 5.74) is 1.06. The third kappa shape index (κ3) is 3.29. The number of rotatable bonds is 5. The number of anilines is 1. The largest absolute Gasteiger partial charge is 0.408 e. The first-order valence-corrected chi connectivity index (χ1v) is 7.13. The fraction of sp³-hybridized carbons (Fsp3) is 0.364. The van der Waals surface area contributed by atoms with Crippen molar-refractivity contribution in [1.82, 2.24) is 15.2 Å². The molecule has 2 aromatic rings. The molecule has 2 rings (SSSR count). The van der Waals surface area contributed by atoms with E-state index in [9.17, 15) is 0 Å². The minimum absolute atomic E-state index is 0.439. The van der Waals surface area contributed by atoms with Crippen LogP contribution in [-0.2, 0) is 13.0 Å². The molecule has 0 saturated heterocycles. The molecule has 0 spiro atoms. The first kappa shape index (κ1) is 13.5. The van der Waals surface area contributed by atoms with Gasteiger partial charge in [0, 0.05) is 39.9 Å². The zero-order chi connectivity index (χ0) is 13.0. The summed E-state index contributed by atoms with van der Waals surface area (Å²) in [4.78, 5) is 4.05. The maximum absolute atomic E-state index is 5.45. The lowest BCUT2D eigenvalue weighted by molar-refractivity contribution is 0.501. The van der Waals surface area contributed by atoms with E-state index in [0.29, 0.717) is 18.5 Å². The molecule has 1 N–H and O–H groups in total. The molecule has 0 unspecified atom stereocenters. The molecule has 0 atom stereocenters. The van der Waals surface area contributed by atoms with Crippen LogP contribution in [0.5, 0.6) is 0 Å². The Morgan fingerprint density at radius 3 is 2.61 bits per heavy atom. The molecule has 0 fully saturated rings. The van der Waals surface area contributed by atoms with Crippen LogP contribution < -0.4 is 5.32 Å². The normalized spacial score (nSPS) is 10.6. The predicted molar refractivity (Wildman–Crippen MR) is 75.3 cm³/mol. The number of hydrogen-bond donors (Lipinski definition) is 1. The Morgan fingerprint density at radius 1 is 1.22 bits per heavy atom. The van der Waals surface area contributed by atoms with Gasteiger partial charge in [0.15, 0.2) is 0 Å². The van der Waals surface area contributed by atoms with Crippen LogP contribution in [0.3, 0.4) is 0 Å². The van der Waals surface area contributed by atoms with Gasteiger partial charge in [-0.05, 0) is 38.3 Å². The Morgan fingerprint density at radius 2 is 1.94 bits per heavy atom. The van der Waals surface area contributed by atoms with Crippen LogP contribution in [0.1, 0.15) is 24.8 Å². The molecule has 0 bridgehead atoms. The Labute approximate surface area is 122 Å². The molecule has 2 heterocycles. The van der Waals surface area contributed by atoms with Crippen molar-refractivity contribution >= 4 is 37.9 Å². The number of nitrogens with one attached hydrogen (secondary N) is 1. The molecule has 5 nitrogen and oxygen atoms in total. The van der Waals surface area contributed by atoms with Gasteiger partial charge in [0.25, 0.3) is 0 Å². The van der Waals surface area contributed by atoms with Crippen LogP contribution in [0.4, 0.5) is 6.01 Å². The van der Waals surface area contributed by atoms with E-state index in [1.165, 1.54) is 0 Å². The van der Waals surface area contributed by atoms with Gasteiger partial charge in [-0.2, -0.15) is 0 Å². The molecule has 0 aliphatic rings. The van der Waals surface area contributed by atoms with Crippen molar-refractivity contribution in [1.29, 1.82) is 0 Å². The van der Waals surface area contributed by atoms with Crippen molar-refractivity contribution < 1.29 is 4.42 Å². The van der Waals surface area contributed by atoms with Crippen molar-refractivity contribution in [3.63, 3.8) is 0 Å². The number of hydrogen-bond acceptors (Lipinski definition) is 5. The standard InChI is InChI=1S/C11H12Br2N4O/c1-2-3-10-16-17-11(18-10)15-4-7-8(12)5-14-6-9(7)13/h5-6H,2-4H2,1H3,(H,15,17). The second-order valence-electron chi connectivity index (χ2n) is 3.69. The molecule has 2 aromatic heterocycles. The Balaban J connectivity index is 2.02. The highest BCUT2D eigenvalue weighted by Gasteiger charge is 2.08. The van der Waals surface area contributed by atoms with E-state index in [-0.39, 0.29) is 0 Å². The third-order valence-electron chi connectivity index (χ3n) is 2.30. The van der Waals surface area contributed by atoms with Crippen LogP contribution in [0.2, 0.25) is 0 Å². The summed E-state index contributed by atoms with van der Waals surface area (Å²) in [5.74, 6) is 0.660. The summed E-state index contributed by atoms with van der Waals surface area (Å²) in [7, 11) is 0. The van der Waals surface area contributed by atoms with Gasteiger partial charge in [-0.3, -0.25) is 4.98 Å². The maximum Gasteiger partial charge on any atom is 0.315 e. The highest BCUT2D eigenvalue weighted by molar-refractivity contribution is 9.11. The number of halogens is 2. The van der Waals surface area contributed by atoms with Gasteiger partial charge in [0.2, 0.25) is 5.89 Å². The Kier molecular flexibility index (Phi) is 4.71. The second kappa shape index (κ2) is 6.29. The lowest BCUT2D eigenvalue weighted by atomic mass is 10.3. The molecule has 0 aliphatic heterocycles. The Bertz CT molecular complexity index is 509. The topological polar surface area (TPSA) is 63.8 Å².